The molecule has 21 heavy (non-hydrogen) atoms. The van der Waals surface area contributed by atoms with E-state index in [1.165, 1.54) is 0 Å². The Balaban J connectivity index is 3.26. The van der Waals surface area contributed by atoms with Gasteiger partial charge in [0.25, 0.3) is 0 Å². The van der Waals surface area contributed by atoms with Gasteiger partial charge in [-0.2, -0.15) is 21.6 Å². The molecule has 0 aromatic heterocycles. The fraction of sp³-hybridized carbons (Fsp3) is 0.556. The summed E-state index contributed by atoms with van der Waals surface area (Å²) in [6.45, 7) is -0.0220. The van der Waals surface area contributed by atoms with Crippen LogP contribution in [0.25, 0.3) is 0 Å². The maximum Gasteiger partial charge on any atom is 0.534 e. The third-order valence-corrected chi connectivity index (χ3v) is 3.57. The molecule has 1 amide bonds. The Kier molecular flexibility index (Phi) is 4.41. The Morgan fingerprint density at radius 1 is 1.33 bits per heavy atom. The molecule has 2 N–H and O–H groups in total. The minimum absolute atomic E-state index is 0.394. The quantitative estimate of drug-likeness (QED) is 0.579. The topological polar surface area (TPSA) is 121 Å². The van der Waals surface area contributed by atoms with E-state index in [2.05, 4.69) is 4.18 Å². The zero-order valence-corrected chi connectivity index (χ0v) is 11.2. The predicted octanol–water partition coefficient (Wildman–Crippen LogP) is 0.821. The number of carboxylic acids is 1. The summed E-state index contributed by atoms with van der Waals surface area (Å²) in [5, 5.41) is 17.7. The van der Waals surface area contributed by atoms with Gasteiger partial charge in [-0.05, 0) is 0 Å². The molecule has 0 aromatic rings. The normalized spacial score (nSPS) is 20.4. The third-order valence-electron chi connectivity index (χ3n) is 2.60. The van der Waals surface area contributed by atoms with Crippen LogP contribution in [0.2, 0.25) is 0 Å². The molecule has 1 rings (SSSR count). The number of hydrogen-bond donors (Lipinski definition) is 2. The molecule has 0 spiro atoms. The fourth-order valence-electron chi connectivity index (χ4n) is 1.66. The molecular weight excluding hydrogens is 323 g/mol. The van der Waals surface area contributed by atoms with E-state index in [0.29, 0.717) is 4.90 Å². The average Bonchev–Trinajstić information content (AvgIpc) is 2.28. The van der Waals surface area contributed by atoms with Crippen LogP contribution in [0.5, 0.6) is 0 Å². The van der Waals surface area contributed by atoms with Crippen molar-refractivity contribution in [3.05, 3.63) is 11.3 Å². The summed E-state index contributed by atoms with van der Waals surface area (Å²) < 4.78 is 62.6. The smallest absolute Gasteiger partial charge is 0.478 e. The third kappa shape index (κ3) is 3.56. The van der Waals surface area contributed by atoms with Crippen LogP contribution in [0.3, 0.4) is 0 Å². The number of hydrogen-bond acceptors (Lipinski definition) is 5. The van der Waals surface area contributed by atoms with Gasteiger partial charge in [-0.25, -0.2) is 9.59 Å². The van der Waals surface area contributed by atoms with Crippen LogP contribution in [0.15, 0.2) is 11.3 Å². The molecule has 0 fully saturated rings. The summed E-state index contributed by atoms with van der Waals surface area (Å²) in [4.78, 5) is 22.4. The maximum atomic E-state index is 12.3. The van der Waals surface area contributed by atoms with Crippen molar-refractivity contribution < 1.29 is 45.6 Å². The Hall–Kier alpha value is -1.98. The summed E-state index contributed by atoms with van der Waals surface area (Å²) in [5.41, 5.74) is -6.57. The van der Waals surface area contributed by atoms with Crippen molar-refractivity contribution in [2.24, 2.45) is 5.92 Å². The van der Waals surface area contributed by atoms with Crippen molar-refractivity contribution >= 4 is 22.2 Å². The minimum Gasteiger partial charge on any atom is -0.478 e. The summed E-state index contributed by atoms with van der Waals surface area (Å²) in [5.74, 6) is -3.85. The van der Waals surface area contributed by atoms with E-state index in [-0.39, 0.29) is 0 Å². The number of nitrogens with zero attached hydrogens (tertiary/aromatic N) is 1. The predicted molar refractivity (Wildman–Crippen MR) is 59.5 cm³/mol. The first-order valence-electron chi connectivity index (χ1n) is 5.31. The number of amides is 1. The lowest BCUT2D eigenvalue weighted by Gasteiger charge is -2.31. The number of aliphatic carboxylic acids is 1. The van der Waals surface area contributed by atoms with Crippen molar-refractivity contribution in [2.75, 3.05) is 13.1 Å². The number of alkyl halides is 3. The first-order chi connectivity index (χ1) is 9.36. The molecule has 1 aliphatic heterocycles. The van der Waals surface area contributed by atoms with Gasteiger partial charge in [-0.3, -0.25) is 0 Å². The molecule has 0 radical (unpaired) electrons. The molecule has 0 bridgehead atoms. The summed E-state index contributed by atoms with van der Waals surface area (Å²) in [6, 6.07) is 0. The lowest BCUT2D eigenvalue weighted by molar-refractivity contribution is -0.133. The molecule has 0 saturated heterocycles. The zero-order valence-electron chi connectivity index (χ0n) is 10.4. The Bertz CT molecular complexity index is 595. The molecule has 0 saturated carbocycles. The van der Waals surface area contributed by atoms with Crippen LogP contribution in [0.4, 0.5) is 18.0 Å². The molecule has 1 heterocycles. The Labute approximate surface area is 116 Å². The van der Waals surface area contributed by atoms with Gasteiger partial charge in [-0.15, -0.1) is 0 Å². The van der Waals surface area contributed by atoms with E-state index in [4.69, 9.17) is 10.2 Å². The van der Waals surface area contributed by atoms with E-state index < -0.39 is 58.0 Å². The average molecular weight is 333 g/mol. The molecule has 8 nitrogen and oxygen atoms in total. The van der Waals surface area contributed by atoms with Gasteiger partial charge in [0.15, 0.2) is 0 Å². The Morgan fingerprint density at radius 3 is 2.24 bits per heavy atom. The standard InChI is InChI=1S/C9H10F3NO7S/c1-4-2-13(8(16)17)3-5(7(14)15)6(4)20-21(18,19)9(10,11)12/h4H,2-3H2,1H3,(H,14,15)(H,16,17). The van der Waals surface area contributed by atoms with E-state index in [1.54, 1.807) is 0 Å². The van der Waals surface area contributed by atoms with E-state index in [1.807, 2.05) is 0 Å². The highest BCUT2D eigenvalue weighted by Crippen LogP contribution is 2.32. The van der Waals surface area contributed by atoms with Crippen LogP contribution in [-0.4, -0.2) is 54.2 Å². The SMILES string of the molecule is CC1CN(C(=O)O)CC(C(=O)O)=C1OS(=O)(=O)C(F)(F)F. The fourth-order valence-corrected chi connectivity index (χ4v) is 2.26. The Morgan fingerprint density at radius 2 is 1.86 bits per heavy atom. The second-order valence-electron chi connectivity index (χ2n) is 4.20. The van der Waals surface area contributed by atoms with E-state index in [0.717, 1.165) is 6.92 Å². The summed E-state index contributed by atoms with van der Waals surface area (Å²) in [7, 11) is -6.02. The highest BCUT2D eigenvalue weighted by Gasteiger charge is 2.50. The molecule has 0 aromatic carbocycles. The van der Waals surface area contributed by atoms with Crippen molar-refractivity contribution in [1.82, 2.24) is 4.90 Å². The second-order valence-corrected chi connectivity index (χ2v) is 5.73. The van der Waals surface area contributed by atoms with Gasteiger partial charge in [0, 0.05) is 12.5 Å². The molecule has 1 unspecified atom stereocenters. The monoisotopic (exact) mass is 333 g/mol. The van der Waals surface area contributed by atoms with Crippen molar-refractivity contribution in [2.45, 2.75) is 12.4 Å². The van der Waals surface area contributed by atoms with Gasteiger partial charge < -0.3 is 19.3 Å². The molecule has 12 heteroatoms. The highest BCUT2D eigenvalue weighted by atomic mass is 32.2. The number of carboxylic acid groups (broad SMARTS) is 2. The van der Waals surface area contributed by atoms with Crippen LogP contribution in [-0.2, 0) is 19.1 Å². The lowest BCUT2D eigenvalue weighted by Crippen LogP contribution is -2.43. The first kappa shape index (κ1) is 17.1. The first-order valence-corrected chi connectivity index (χ1v) is 6.72. The van der Waals surface area contributed by atoms with Crippen LogP contribution in [0.1, 0.15) is 6.92 Å². The molecule has 120 valence electrons. The molecule has 1 aliphatic rings. The van der Waals surface area contributed by atoms with Gasteiger partial charge in [0.05, 0.1) is 12.1 Å². The minimum atomic E-state index is -6.02. The molecular formula is C9H10F3NO7S. The van der Waals surface area contributed by atoms with Crippen LogP contribution < -0.4 is 0 Å². The number of carbonyl (C=O) groups is 2. The van der Waals surface area contributed by atoms with Crippen molar-refractivity contribution in [3.8, 4) is 0 Å². The van der Waals surface area contributed by atoms with Gasteiger partial charge in [0.2, 0.25) is 0 Å². The van der Waals surface area contributed by atoms with E-state index >= 15 is 0 Å². The van der Waals surface area contributed by atoms with Crippen LogP contribution in [0, 0.1) is 5.92 Å². The molecule has 1 atom stereocenters. The van der Waals surface area contributed by atoms with Crippen molar-refractivity contribution in [1.29, 1.82) is 0 Å². The van der Waals surface area contributed by atoms with Gasteiger partial charge >= 0.3 is 27.7 Å². The zero-order chi connectivity index (χ0) is 16.6. The van der Waals surface area contributed by atoms with Gasteiger partial charge in [0.1, 0.15) is 5.76 Å². The number of rotatable bonds is 3. The molecule has 0 aliphatic carbocycles. The second kappa shape index (κ2) is 5.42. The summed E-state index contributed by atoms with van der Waals surface area (Å²) >= 11 is 0. The largest absolute Gasteiger partial charge is 0.534 e. The highest BCUT2D eigenvalue weighted by molar-refractivity contribution is 7.87. The van der Waals surface area contributed by atoms with Gasteiger partial charge in [-0.1, -0.05) is 6.92 Å². The van der Waals surface area contributed by atoms with Crippen LogP contribution >= 0.6 is 0 Å². The number of halogens is 3. The summed E-state index contributed by atoms with van der Waals surface area (Å²) in [6.07, 6.45) is -1.49. The maximum absolute atomic E-state index is 12.3. The van der Waals surface area contributed by atoms with Crippen molar-refractivity contribution in [3.63, 3.8) is 0 Å². The van der Waals surface area contributed by atoms with E-state index in [9.17, 15) is 31.2 Å². The lowest BCUT2D eigenvalue weighted by atomic mass is 9.99.